The SMILES string of the molecule is COS(C)(=O)=O.O=C(O)c1ccccc1O. The van der Waals surface area contributed by atoms with E-state index in [-0.39, 0.29) is 11.3 Å². The minimum Gasteiger partial charge on any atom is -0.507 e. The molecule has 0 aromatic heterocycles. The van der Waals surface area contributed by atoms with Gasteiger partial charge in [0.1, 0.15) is 11.3 Å². The number of carboxylic acid groups (broad SMARTS) is 1. The molecule has 0 amide bonds. The molecule has 0 saturated heterocycles. The quantitative estimate of drug-likeness (QED) is 0.746. The highest BCUT2D eigenvalue weighted by Crippen LogP contribution is 2.14. The van der Waals surface area contributed by atoms with Crippen molar-refractivity contribution in [2.24, 2.45) is 0 Å². The van der Waals surface area contributed by atoms with E-state index in [9.17, 15) is 13.2 Å². The van der Waals surface area contributed by atoms with Crippen LogP contribution in [0.15, 0.2) is 24.3 Å². The number of hydrogen-bond donors (Lipinski definition) is 2. The van der Waals surface area contributed by atoms with Crippen molar-refractivity contribution in [3.05, 3.63) is 29.8 Å². The van der Waals surface area contributed by atoms with Crippen LogP contribution in [0.5, 0.6) is 5.75 Å². The number of carboxylic acids is 1. The molecule has 1 rings (SSSR count). The number of benzene rings is 1. The van der Waals surface area contributed by atoms with Crippen LogP contribution in [0.3, 0.4) is 0 Å². The number of aromatic carboxylic acids is 1. The molecule has 0 aliphatic heterocycles. The molecule has 0 fully saturated rings. The molecule has 7 heteroatoms. The van der Waals surface area contributed by atoms with Crippen LogP contribution in [0.4, 0.5) is 0 Å². The van der Waals surface area contributed by atoms with Crippen molar-refractivity contribution in [2.75, 3.05) is 13.4 Å². The summed E-state index contributed by atoms with van der Waals surface area (Å²) in [6.45, 7) is 0. The first-order chi connectivity index (χ1) is 7.28. The van der Waals surface area contributed by atoms with Crippen molar-refractivity contribution in [1.29, 1.82) is 0 Å². The second kappa shape index (κ2) is 6.09. The summed E-state index contributed by atoms with van der Waals surface area (Å²) < 4.78 is 23.5. The third-order valence-corrected chi connectivity index (χ3v) is 2.04. The number of hydrogen-bond acceptors (Lipinski definition) is 5. The first kappa shape index (κ1) is 14.4. The van der Waals surface area contributed by atoms with E-state index >= 15 is 0 Å². The highest BCUT2D eigenvalue weighted by molar-refractivity contribution is 7.85. The fourth-order valence-electron chi connectivity index (χ4n) is 0.654. The van der Waals surface area contributed by atoms with Crippen molar-refractivity contribution < 1.29 is 27.6 Å². The average molecular weight is 248 g/mol. The van der Waals surface area contributed by atoms with E-state index in [4.69, 9.17) is 10.2 Å². The predicted molar refractivity (Wildman–Crippen MR) is 56.9 cm³/mol. The molecule has 0 unspecified atom stereocenters. The predicted octanol–water partition coefficient (Wildman–Crippen LogP) is 0.683. The molecule has 0 radical (unpaired) electrons. The molecule has 0 atom stereocenters. The van der Waals surface area contributed by atoms with Crippen LogP contribution >= 0.6 is 0 Å². The van der Waals surface area contributed by atoms with Gasteiger partial charge in [0.15, 0.2) is 0 Å². The van der Waals surface area contributed by atoms with E-state index in [0.717, 1.165) is 13.4 Å². The second-order valence-corrected chi connectivity index (χ2v) is 4.43. The number of phenols is 1. The van der Waals surface area contributed by atoms with Crippen LogP contribution in [-0.4, -0.2) is 38.0 Å². The molecule has 0 aliphatic carbocycles. The lowest BCUT2D eigenvalue weighted by Gasteiger charge is -1.95. The van der Waals surface area contributed by atoms with Crippen LogP contribution in [0, 0.1) is 0 Å². The van der Waals surface area contributed by atoms with Gasteiger partial charge in [-0.15, -0.1) is 0 Å². The van der Waals surface area contributed by atoms with Crippen molar-refractivity contribution in [2.45, 2.75) is 0 Å². The lowest BCUT2D eigenvalue weighted by molar-refractivity contribution is 0.0693. The van der Waals surface area contributed by atoms with E-state index in [1.54, 1.807) is 12.1 Å². The fraction of sp³-hybridized carbons (Fsp3) is 0.222. The molecule has 0 heterocycles. The highest BCUT2D eigenvalue weighted by Gasteiger charge is 2.05. The zero-order valence-corrected chi connectivity index (χ0v) is 9.56. The maximum absolute atomic E-state index is 10.3. The molecule has 1 aromatic rings. The molecule has 1 aromatic carbocycles. The summed E-state index contributed by atoms with van der Waals surface area (Å²) in [4.78, 5) is 10.3. The molecule has 16 heavy (non-hydrogen) atoms. The van der Waals surface area contributed by atoms with Gasteiger partial charge in [0, 0.05) is 0 Å². The molecule has 0 spiro atoms. The topological polar surface area (TPSA) is 101 Å². The molecule has 0 bridgehead atoms. The van der Waals surface area contributed by atoms with Crippen LogP contribution in [0.1, 0.15) is 10.4 Å². The van der Waals surface area contributed by atoms with Gasteiger partial charge >= 0.3 is 5.97 Å². The summed E-state index contributed by atoms with van der Waals surface area (Å²) >= 11 is 0. The van der Waals surface area contributed by atoms with Crippen LogP contribution < -0.4 is 0 Å². The Balaban J connectivity index is 0.000000325. The van der Waals surface area contributed by atoms with Gasteiger partial charge < -0.3 is 10.2 Å². The monoisotopic (exact) mass is 248 g/mol. The molecule has 0 saturated carbocycles. The molecule has 6 nitrogen and oxygen atoms in total. The number of rotatable bonds is 2. The molecular weight excluding hydrogens is 236 g/mol. The van der Waals surface area contributed by atoms with Gasteiger partial charge in [-0.05, 0) is 12.1 Å². The zero-order chi connectivity index (χ0) is 12.8. The van der Waals surface area contributed by atoms with E-state index < -0.39 is 16.1 Å². The Morgan fingerprint density at radius 3 is 2.00 bits per heavy atom. The minimum atomic E-state index is -3.16. The average Bonchev–Trinajstić information content (AvgIpc) is 2.18. The van der Waals surface area contributed by atoms with Crippen molar-refractivity contribution >= 4 is 16.1 Å². The molecular formula is C9H12O6S. The Morgan fingerprint density at radius 1 is 1.31 bits per heavy atom. The summed E-state index contributed by atoms with van der Waals surface area (Å²) in [6.07, 6.45) is 0.993. The summed E-state index contributed by atoms with van der Waals surface area (Å²) in [5, 5.41) is 17.3. The first-order valence-electron chi connectivity index (χ1n) is 4.05. The Morgan fingerprint density at radius 2 is 1.75 bits per heavy atom. The third-order valence-electron chi connectivity index (χ3n) is 1.44. The Kier molecular flexibility index (Phi) is 5.48. The Hall–Kier alpha value is -1.60. The van der Waals surface area contributed by atoms with Crippen LogP contribution in [0.25, 0.3) is 0 Å². The molecule has 90 valence electrons. The number of carbonyl (C=O) groups is 1. The lowest BCUT2D eigenvalue weighted by atomic mass is 10.2. The fourth-order valence-corrected chi connectivity index (χ4v) is 0.654. The molecule has 0 aliphatic rings. The Bertz CT molecular complexity index is 451. The van der Waals surface area contributed by atoms with Crippen molar-refractivity contribution in [1.82, 2.24) is 0 Å². The maximum atomic E-state index is 10.3. The van der Waals surface area contributed by atoms with E-state index in [1.165, 1.54) is 12.1 Å². The van der Waals surface area contributed by atoms with Crippen LogP contribution in [0.2, 0.25) is 0 Å². The zero-order valence-electron chi connectivity index (χ0n) is 8.75. The largest absolute Gasteiger partial charge is 0.507 e. The standard InChI is InChI=1S/C7H6O3.C2H6O3S/c8-6-4-2-1-3-5(6)7(9)10;1-5-6(2,3)4/h1-4,8H,(H,9,10);1-2H3. The van der Waals surface area contributed by atoms with Gasteiger partial charge in [-0.2, -0.15) is 8.42 Å². The normalized spacial score (nSPS) is 10.1. The third kappa shape index (κ3) is 5.99. The van der Waals surface area contributed by atoms with Gasteiger partial charge in [-0.1, -0.05) is 12.1 Å². The number of aromatic hydroxyl groups is 1. The summed E-state index contributed by atoms with van der Waals surface area (Å²) in [5.74, 6) is -1.31. The van der Waals surface area contributed by atoms with Gasteiger partial charge in [0.25, 0.3) is 10.1 Å². The van der Waals surface area contributed by atoms with Gasteiger partial charge in [0.05, 0.1) is 13.4 Å². The highest BCUT2D eigenvalue weighted by atomic mass is 32.2. The first-order valence-corrected chi connectivity index (χ1v) is 5.86. The summed E-state index contributed by atoms with van der Waals surface area (Å²) in [6, 6.07) is 5.81. The van der Waals surface area contributed by atoms with Crippen molar-refractivity contribution in [3.63, 3.8) is 0 Å². The minimum absolute atomic E-state index is 0.0671. The van der Waals surface area contributed by atoms with E-state index in [0.29, 0.717) is 0 Å². The van der Waals surface area contributed by atoms with Crippen LogP contribution in [-0.2, 0) is 14.3 Å². The van der Waals surface area contributed by atoms with Gasteiger partial charge in [0.2, 0.25) is 0 Å². The van der Waals surface area contributed by atoms with E-state index in [1.807, 2.05) is 0 Å². The lowest BCUT2D eigenvalue weighted by Crippen LogP contribution is -1.95. The second-order valence-electron chi connectivity index (χ2n) is 2.69. The van der Waals surface area contributed by atoms with Gasteiger partial charge in [-0.3, -0.25) is 4.18 Å². The van der Waals surface area contributed by atoms with Gasteiger partial charge in [-0.25, -0.2) is 4.79 Å². The summed E-state index contributed by atoms with van der Waals surface area (Å²) in [7, 11) is -2.04. The Labute approximate surface area is 93.2 Å². The van der Waals surface area contributed by atoms with Crippen molar-refractivity contribution in [3.8, 4) is 5.75 Å². The molecule has 2 N–H and O–H groups in total. The summed E-state index contributed by atoms with van der Waals surface area (Å²) in [5.41, 5.74) is -0.0671. The number of para-hydroxylation sites is 1. The van der Waals surface area contributed by atoms with E-state index in [2.05, 4.69) is 4.18 Å². The maximum Gasteiger partial charge on any atom is 0.339 e. The smallest absolute Gasteiger partial charge is 0.339 e.